The minimum absolute atomic E-state index is 0.385. The fraction of sp³-hybridized carbons (Fsp3) is 0. The number of hydrogen-bond donors (Lipinski definition) is 2. The highest BCUT2D eigenvalue weighted by Crippen LogP contribution is 2.15. The molecule has 0 atom stereocenters. The Bertz CT molecular complexity index is 669. The molecule has 2 aromatic carbocycles. The average Bonchev–Trinajstić information content (AvgIpc) is 2.52. The van der Waals surface area contributed by atoms with Gasteiger partial charge >= 0.3 is 0 Å². The largest absolute Gasteiger partial charge is 0.270 e. The van der Waals surface area contributed by atoms with Crippen LogP contribution < -0.4 is 10.9 Å². The van der Waals surface area contributed by atoms with Gasteiger partial charge < -0.3 is 0 Å². The molecule has 0 fully saturated rings. The van der Waals surface area contributed by atoms with Crippen molar-refractivity contribution in [2.24, 2.45) is 0 Å². The maximum absolute atomic E-state index is 11.9. The van der Waals surface area contributed by atoms with Gasteiger partial charge in [0.05, 0.1) is 5.56 Å². The molecular formula is C16H13BrN2O2. The molecule has 0 heterocycles. The Hall–Kier alpha value is -2.40. The van der Waals surface area contributed by atoms with E-state index in [1.807, 2.05) is 36.4 Å². The second-order valence-electron chi connectivity index (χ2n) is 4.17. The molecule has 0 spiro atoms. The maximum Gasteiger partial charge on any atom is 0.270 e. The van der Waals surface area contributed by atoms with Gasteiger partial charge in [-0.15, -0.1) is 0 Å². The van der Waals surface area contributed by atoms with E-state index in [2.05, 4.69) is 26.8 Å². The van der Waals surface area contributed by atoms with Crippen molar-refractivity contribution in [3.05, 3.63) is 76.3 Å². The van der Waals surface area contributed by atoms with Gasteiger partial charge in [-0.2, -0.15) is 0 Å². The number of rotatable bonds is 3. The lowest BCUT2D eigenvalue weighted by molar-refractivity contribution is -0.117. The molecule has 21 heavy (non-hydrogen) atoms. The van der Waals surface area contributed by atoms with Crippen molar-refractivity contribution >= 4 is 33.8 Å². The summed E-state index contributed by atoms with van der Waals surface area (Å²) in [5.74, 6) is -0.789. The molecule has 0 bridgehead atoms. The molecule has 0 aliphatic carbocycles. The Kier molecular flexibility index (Phi) is 5.29. The van der Waals surface area contributed by atoms with Crippen LogP contribution in [0.3, 0.4) is 0 Å². The molecule has 2 N–H and O–H groups in total. The van der Waals surface area contributed by atoms with Crippen molar-refractivity contribution in [1.82, 2.24) is 10.9 Å². The molecule has 0 saturated heterocycles. The van der Waals surface area contributed by atoms with Crippen LogP contribution in [0.2, 0.25) is 0 Å². The third kappa shape index (κ3) is 4.57. The number of hydrogen-bond acceptors (Lipinski definition) is 2. The van der Waals surface area contributed by atoms with Crippen LogP contribution in [0.4, 0.5) is 0 Å². The van der Waals surface area contributed by atoms with Crippen molar-refractivity contribution in [3.8, 4) is 0 Å². The number of amides is 2. The topological polar surface area (TPSA) is 58.2 Å². The van der Waals surface area contributed by atoms with E-state index in [0.717, 1.165) is 5.56 Å². The van der Waals surface area contributed by atoms with Crippen molar-refractivity contribution < 1.29 is 9.59 Å². The zero-order valence-corrected chi connectivity index (χ0v) is 12.6. The third-order valence-electron chi connectivity index (χ3n) is 2.64. The van der Waals surface area contributed by atoms with Crippen molar-refractivity contribution in [1.29, 1.82) is 0 Å². The fourth-order valence-electron chi connectivity index (χ4n) is 1.61. The molecule has 0 saturated carbocycles. The van der Waals surface area contributed by atoms with Gasteiger partial charge in [0.25, 0.3) is 11.8 Å². The first-order valence-electron chi connectivity index (χ1n) is 6.25. The molecule has 106 valence electrons. The van der Waals surface area contributed by atoms with E-state index >= 15 is 0 Å². The second kappa shape index (κ2) is 7.40. The van der Waals surface area contributed by atoms with Gasteiger partial charge in [0, 0.05) is 10.5 Å². The van der Waals surface area contributed by atoms with E-state index in [0.29, 0.717) is 10.0 Å². The SMILES string of the molecule is O=C(/C=C/c1ccccc1)NNC(=O)c1ccccc1Br. The summed E-state index contributed by atoms with van der Waals surface area (Å²) in [6.07, 6.45) is 3.02. The standard InChI is InChI=1S/C16H13BrN2O2/c17-14-9-5-4-8-13(14)16(21)19-18-15(20)11-10-12-6-2-1-3-7-12/h1-11H,(H,18,20)(H,19,21)/b11-10+. The smallest absolute Gasteiger partial charge is 0.268 e. The van der Waals surface area contributed by atoms with E-state index in [1.165, 1.54) is 6.08 Å². The number of benzene rings is 2. The molecule has 0 aliphatic rings. The third-order valence-corrected chi connectivity index (χ3v) is 3.34. The van der Waals surface area contributed by atoms with E-state index in [9.17, 15) is 9.59 Å². The first-order chi connectivity index (χ1) is 10.2. The van der Waals surface area contributed by atoms with Crippen LogP contribution in [-0.2, 0) is 4.79 Å². The lowest BCUT2D eigenvalue weighted by Gasteiger charge is -2.06. The summed E-state index contributed by atoms with van der Waals surface area (Å²) in [6.45, 7) is 0. The zero-order valence-electron chi connectivity index (χ0n) is 11.0. The first kappa shape index (κ1) is 15.0. The summed E-state index contributed by atoms with van der Waals surface area (Å²) in [4.78, 5) is 23.5. The summed E-state index contributed by atoms with van der Waals surface area (Å²) in [5, 5.41) is 0. The highest BCUT2D eigenvalue weighted by molar-refractivity contribution is 9.10. The summed E-state index contributed by atoms with van der Waals surface area (Å²) in [6, 6.07) is 16.4. The van der Waals surface area contributed by atoms with Crippen molar-refractivity contribution in [3.63, 3.8) is 0 Å². The van der Waals surface area contributed by atoms with Crippen LogP contribution in [0.25, 0.3) is 6.08 Å². The predicted octanol–water partition coefficient (Wildman–Crippen LogP) is 2.92. The lowest BCUT2D eigenvalue weighted by Crippen LogP contribution is -2.40. The van der Waals surface area contributed by atoms with Crippen LogP contribution in [0.1, 0.15) is 15.9 Å². The quantitative estimate of drug-likeness (QED) is 0.664. The molecule has 0 radical (unpaired) electrons. The molecule has 4 nitrogen and oxygen atoms in total. The number of hydrazine groups is 1. The van der Waals surface area contributed by atoms with E-state index < -0.39 is 5.91 Å². The molecule has 0 aromatic heterocycles. The molecule has 5 heteroatoms. The second-order valence-corrected chi connectivity index (χ2v) is 5.02. The highest BCUT2D eigenvalue weighted by atomic mass is 79.9. The van der Waals surface area contributed by atoms with Crippen LogP contribution in [0, 0.1) is 0 Å². The summed E-state index contributed by atoms with van der Waals surface area (Å²) >= 11 is 3.28. The zero-order chi connectivity index (χ0) is 15.1. The molecule has 2 amide bonds. The van der Waals surface area contributed by atoms with Gasteiger partial charge in [-0.1, -0.05) is 42.5 Å². The fourth-order valence-corrected chi connectivity index (χ4v) is 2.07. The van der Waals surface area contributed by atoms with Gasteiger partial charge in [0.2, 0.25) is 0 Å². The van der Waals surface area contributed by atoms with Gasteiger partial charge in [0.15, 0.2) is 0 Å². The first-order valence-corrected chi connectivity index (χ1v) is 7.04. The van der Waals surface area contributed by atoms with Crippen LogP contribution in [-0.4, -0.2) is 11.8 Å². The predicted molar refractivity (Wildman–Crippen MR) is 85.2 cm³/mol. The normalized spacial score (nSPS) is 10.3. The van der Waals surface area contributed by atoms with E-state index in [4.69, 9.17) is 0 Å². The van der Waals surface area contributed by atoms with Gasteiger partial charge in [-0.25, -0.2) is 0 Å². The van der Waals surface area contributed by atoms with Crippen LogP contribution in [0.15, 0.2) is 65.1 Å². The molecule has 2 aromatic rings. The number of halogens is 1. The Labute approximate surface area is 131 Å². The van der Waals surface area contributed by atoms with Crippen LogP contribution in [0.5, 0.6) is 0 Å². The van der Waals surface area contributed by atoms with Gasteiger partial charge in [0.1, 0.15) is 0 Å². The Morgan fingerprint density at radius 1 is 0.905 bits per heavy atom. The highest BCUT2D eigenvalue weighted by Gasteiger charge is 2.08. The Balaban J connectivity index is 1.88. The van der Waals surface area contributed by atoms with E-state index in [-0.39, 0.29) is 5.91 Å². The number of nitrogens with one attached hydrogen (secondary N) is 2. The molecule has 2 rings (SSSR count). The van der Waals surface area contributed by atoms with Crippen molar-refractivity contribution in [2.45, 2.75) is 0 Å². The monoisotopic (exact) mass is 344 g/mol. The number of carbonyl (C=O) groups is 2. The van der Waals surface area contributed by atoms with Crippen molar-refractivity contribution in [2.75, 3.05) is 0 Å². The maximum atomic E-state index is 11.9. The van der Waals surface area contributed by atoms with Crippen LogP contribution >= 0.6 is 15.9 Å². The van der Waals surface area contributed by atoms with Gasteiger partial charge in [-0.05, 0) is 39.7 Å². The number of carbonyl (C=O) groups excluding carboxylic acids is 2. The molecular weight excluding hydrogens is 332 g/mol. The van der Waals surface area contributed by atoms with Gasteiger partial charge in [-0.3, -0.25) is 20.4 Å². The minimum Gasteiger partial charge on any atom is -0.268 e. The summed E-state index contributed by atoms with van der Waals surface area (Å²) in [7, 11) is 0. The van der Waals surface area contributed by atoms with E-state index in [1.54, 1.807) is 24.3 Å². The molecule has 0 unspecified atom stereocenters. The lowest BCUT2D eigenvalue weighted by atomic mass is 10.2. The average molecular weight is 345 g/mol. The Morgan fingerprint density at radius 2 is 1.57 bits per heavy atom. The Morgan fingerprint density at radius 3 is 2.29 bits per heavy atom. The minimum atomic E-state index is -0.403. The summed E-state index contributed by atoms with van der Waals surface area (Å²) in [5.41, 5.74) is 6.04. The molecule has 0 aliphatic heterocycles. The summed E-state index contributed by atoms with van der Waals surface area (Å²) < 4.78 is 0.663.